The van der Waals surface area contributed by atoms with Crippen LogP contribution in [0.4, 0.5) is 5.69 Å². The molecule has 0 aliphatic carbocycles. The first kappa shape index (κ1) is 21.6. The van der Waals surface area contributed by atoms with Gasteiger partial charge in [-0.25, -0.2) is 0 Å². The van der Waals surface area contributed by atoms with E-state index in [1.165, 1.54) is 22.3 Å². The lowest BCUT2D eigenvalue weighted by atomic mass is 9.98. The molecule has 0 saturated carbocycles. The number of aliphatic hydroxyl groups is 1. The maximum atomic E-state index is 13.1. The maximum absolute atomic E-state index is 13.1. The van der Waals surface area contributed by atoms with Gasteiger partial charge in [-0.15, -0.1) is 11.3 Å². The Morgan fingerprint density at radius 2 is 1.91 bits per heavy atom. The summed E-state index contributed by atoms with van der Waals surface area (Å²) in [6.07, 6.45) is 0.873. The third kappa shape index (κ3) is 3.76. The van der Waals surface area contributed by atoms with Gasteiger partial charge in [0.05, 0.1) is 17.9 Å². The molecule has 1 aromatic heterocycles. The van der Waals surface area contributed by atoms with Gasteiger partial charge >= 0.3 is 0 Å². The average Bonchev–Trinajstić information content (AvgIpc) is 3.40. The molecule has 1 aliphatic rings. The molecule has 7 heteroatoms. The summed E-state index contributed by atoms with van der Waals surface area (Å²) < 4.78 is 5.70. The van der Waals surface area contributed by atoms with Crippen LogP contribution < -0.4 is 9.64 Å². The van der Waals surface area contributed by atoms with Crippen LogP contribution in [0.3, 0.4) is 0 Å². The molecule has 164 valence electrons. The molecule has 1 amide bonds. The van der Waals surface area contributed by atoms with E-state index in [4.69, 9.17) is 4.74 Å². The molecular formula is C25H23NO5S. The van der Waals surface area contributed by atoms with E-state index in [9.17, 15) is 19.8 Å². The molecule has 1 fully saturated rings. The number of anilines is 1. The van der Waals surface area contributed by atoms with Crippen LogP contribution in [-0.4, -0.2) is 28.5 Å². The van der Waals surface area contributed by atoms with E-state index < -0.39 is 17.7 Å². The number of hydrogen-bond donors (Lipinski definition) is 2. The number of ether oxygens (including phenoxy) is 1. The van der Waals surface area contributed by atoms with Crippen LogP contribution in [0.1, 0.15) is 35.4 Å². The molecule has 4 rings (SSSR count). The van der Waals surface area contributed by atoms with Crippen molar-refractivity contribution in [3.8, 4) is 11.5 Å². The van der Waals surface area contributed by atoms with Crippen molar-refractivity contribution in [2.75, 3.05) is 11.5 Å². The third-order valence-electron chi connectivity index (χ3n) is 5.31. The van der Waals surface area contributed by atoms with Crippen molar-refractivity contribution in [1.82, 2.24) is 0 Å². The molecule has 0 radical (unpaired) electrons. The summed E-state index contributed by atoms with van der Waals surface area (Å²) in [5, 5.41) is 23.4. The Kier molecular flexibility index (Phi) is 6.01. The molecule has 3 aromatic rings. The van der Waals surface area contributed by atoms with Crippen molar-refractivity contribution >= 4 is 34.5 Å². The summed E-state index contributed by atoms with van der Waals surface area (Å²) in [6.45, 7) is 4.46. The van der Waals surface area contributed by atoms with Gasteiger partial charge in [-0.2, -0.15) is 0 Å². The quantitative estimate of drug-likeness (QED) is 0.308. The fraction of sp³-hybridized carbons (Fsp3) is 0.200. The van der Waals surface area contributed by atoms with E-state index in [0.717, 1.165) is 12.0 Å². The van der Waals surface area contributed by atoms with Gasteiger partial charge in [0.2, 0.25) is 0 Å². The monoisotopic (exact) mass is 449 g/mol. The van der Waals surface area contributed by atoms with Crippen LogP contribution in [0.25, 0.3) is 5.76 Å². The standard InChI is InChI=1S/C25H23NO5S/c1-3-12-31-19-11-10-16(14-15(19)2)23(28)21-22(20-9-6-13-32-20)26(25(30)24(21)29)17-7-4-5-8-18(17)27/h4-11,13-14,22,27-28H,3,12H2,1-2H3/b23-21-. The highest BCUT2D eigenvalue weighted by Gasteiger charge is 2.48. The van der Waals surface area contributed by atoms with E-state index in [-0.39, 0.29) is 22.8 Å². The highest BCUT2D eigenvalue weighted by atomic mass is 32.1. The maximum Gasteiger partial charge on any atom is 0.300 e. The zero-order valence-electron chi connectivity index (χ0n) is 17.7. The predicted molar refractivity (Wildman–Crippen MR) is 124 cm³/mol. The first-order valence-corrected chi connectivity index (χ1v) is 11.2. The second kappa shape index (κ2) is 8.88. The van der Waals surface area contributed by atoms with Crippen LogP contribution in [0.5, 0.6) is 11.5 Å². The SMILES string of the molecule is CCCOc1ccc(/C(O)=C2/C(=O)C(=O)N(c3ccccc3O)C2c2cccs2)cc1C. The number of Topliss-reactive ketones (excluding diaryl/α,β-unsaturated/α-hetero) is 1. The summed E-state index contributed by atoms with van der Waals surface area (Å²) in [5.74, 6) is -1.28. The van der Waals surface area contributed by atoms with Gasteiger partial charge in [0, 0.05) is 10.4 Å². The Hall–Kier alpha value is -3.58. The van der Waals surface area contributed by atoms with Crippen LogP contribution in [0, 0.1) is 6.92 Å². The summed E-state index contributed by atoms with van der Waals surface area (Å²) >= 11 is 1.37. The summed E-state index contributed by atoms with van der Waals surface area (Å²) in [7, 11) is 0. The number of hydrogen-bond acceptors (Lipinski definition) is 6. The van der Waals surface area contributed by atoms with Crippen molar-refractivity contribution in [2.45, 2.75) is 26.3 Å². The van der Waals surface area contributed by atoms with Crippen LogP contribution in [-0.2, 0) is 9.59 Å². The lowest BCUT2D eigenvalue weighted by Crippen LogP contribution is -2.29. The Morgan fingerprint density at radius 3 is 2.56 bits per heavy atom. The van der Waals surface area contributed by atoms with E-state index in [1.54, 1.807) is 42.5 Å². The smallest absolute Gasteiger partial charge is 0.300 e. The second-order valence-electron chi connectivity index (χ2n) is 7.50. The minimum atomic E-state index is -0.848. The molecule has 1 saturated heterocycles. The number of carbonyl (C=O) groups excluding carboxylic acids is 2. The number of phenols is 1. The van der Waals surface area contributed by atoms with Gasteiger partial charge in [0.15, 0.2) is 0 Å². The van der Waals surface area contributed by atoms with Crippen molar-refractivity contribution < 1.29 is 24.5 Å². The minimum Gasteiger partial charge on any atom is -0.507 e. The van der Waals surface area contributed by atoms with Crippen LogP contribution in [0.15, 0.2) is 65.6 Å². The number of aliphatic hydroxyl groups excluding tert-OH is 1. The fourth-order valence-corrected chi connectivity index (χ4v) is 4.61. The van der Waals surface area contributed by atoms with Gasteiger partial charge < -0.3 is 14.9 Å². The summed E-state index contributed by atoms with van der Waals surface area (Å²) in [5.41, 5.74) is 1.43. The Morgan fingerprint density at radius 1 is 1.12 bits per heavy atom. The number of amides is 1. The molecule has 1 atom stereocenters. The molecule has 1 unspecified atom stereocenters. The predicted octanol–water partition coefficient (Wildman–Crippen LogP) is 5.18. The van der Waals surface area contributed by atoms with Crippen LogP contribution >= 0.6 is 11.3 Å². The molecule has 2 N–H and O–H groups in total. The van der Waals surface area contributed by atoms with Gasteiger partial charge in [-0.05, 0) is 60.7 Å². The largest absolute Gasteiger partial charge is 0.507 e. The lowest BCUT2D eigenvalue weighted by Gasteiger charge is -2.24. The molecule has 1 aliphatic heterocycles. The number of aromatic hydroxyl groups is 1. The number of benzene rings is 2. The first-order valence-electron chi connectivity index (χ1n) is 10.3. The number of nitrogens with zero attached hydrogens (tertiary/aromatic N) is 1. The molecule has 0 bridgehead atoms. The number of phenolic OH excluding ortho intramolecular Hbond substituents is 1. The lowest BCUT2D eigenvalue weighted by molar-refractivity contribution is -0.132. The molecule has 2 heterocycles. The van der Waals surface area contributed by atoms with Crippen molar-refractivity contribution in [2.24, 2.45) is 0 Å². The van der Waals surface area contributed by atoms with Crippen molar-refractivity contribution in [3.63, 3.8) is 0 Å². The van der Waals surface area contributed by atoms with Gasteiger partial charge in [-0.3, -0.25) is 14.5 Å². The third-order valence-corrected chi connectivity index (χ3v) is 6.23. The summed E-state index contributed by atoms with van der Waals surface area (Å²) in [6, 6.07) is 14.3. The number of ketones is 1. The number of para-hydroxylation sites is 2. The van der Waals surface area contributed by atoms with E-state index in [2.05, 4.69) is 0 Å². The van der Waals surface area contributed by atoms with Gasteiger partial charge in [0.25, 0.3) is 11.7 Å². The normalized spacial score (nSPS) is 17.7. The number of carbonyl (C=O) groups is 2. The number of aryl methyl sites for hydroxylation is 1. The van der Waals surface area contributed by atoms with Gasteiger partial charge in [-0.1, -0.05) is 25.1 Å². The van der Waals surface area contributed by atoms with E-state index in [0.29, 0.717) is 22.8 Å². The van der Waals surface area contributed by atoms with Gasteiger partial charge in [0.1, 0.15) is 23.3 Å². The minimum absolute atomic E-state index is 0.0117. The average molecular weight is 450 g/mol. The number of rotatable bonds is 6. The molecule has 32 heavy (non-hydrogen) atoms. The molecule has 2 aromatic carbocycles. The number of thiophene rings is 1. The summed E-state index contributed by atoms with van der Waals surface area (Å²) in [4.78, 5) is 28.1. The Labute approximate surface area is 190 Å². The zero-order chi connectivity index (χ0) is 22.8. The fourth-order valence-electron chi connectivity index (χ4n) is 3.79. The van der Waals surface area contributed by atoms with Crippen molar-refractivity contribution in [1.29, 1.82) is 0 Å². The molecular weight excluding hydrogens is 426 g/mol. The molecule has 0 spiro atoms. The van der Waals surface area contributed by atoms with E-state index >= 15 is 0 Å². The topological polar surface area (TPSA) is 87.1 Å². The Balaban J connectivity index is 1.86. The zero-order valence-corrected chi connectivity index (χ0v) is 18.6. The van der Waals surface area contributed by atoms with Crippen LogP contribution in [0.2, 0.25) is 0 Å². The highest BCUT2D eigenvalue weighted by molar-refractivity contribution is 7.10. The molecule has 6 nitrogen and oxygen atoms in total. The first-order chi connectivity index (χ1) is 15.4. The Bertz CT molecular complexity index is 1200. The van der Waals surface area contributed by atoms with E-state index in [1.807, 2.05) is 25.3 Å². The van der Waals surface area contributed by atoms with Crippen molar-refractivity contribution in [3.05, 3.63) is 81.6 Å². The second-order valence-corrected chi connectivity index (χ2v) is 8.48. The highest BCUT2D eigenvalue weighted by Crippen LogP contribution is 2.45.